The smallest absolute Gasteiger partial charge is 0.257 e. The quantitative estimate of drug-likeness (QED) is 0.719. The van der Waals surface area contributed by atoms with Gasteiger partial charge in [-0.05, 0) is 36.4 Å². The maximum atomic E-state index is 12.3. The first-order valence-electron chi connectivity index (χ1n) is 7.25. The van der Waals surface area contributed by atoms with Crippen LogP contribution in [0.5, 0.6) is 17.2 Å². The molecule has 0 bridgehead atoms. The molecule has 0 atom stereocenters. The van der Waals surface area contributed by atoms with Gasteiger partial charge in [-0.1, -0.05) is 11.6 Å². The Morgan fingerprint density at radius 1 is 1.20 bits per heavy atom. The summed E-state index contributed by atoms with van der Waals surface area (Å²) in [6.07, 6.45) is 0. The van der Waals surface area contributed by atoms with Gasteiger partial charge in [-0.2, -0.15) is 0 Å². The number of fused-ring (bicyclic) bond motifs is 1. The van der Waals surface area contributed by atoms with E-state index in [-0.39, 0.29) is 23.5 Å². The van der Waals surface area contributed by atoms with E-state index in [9.17, 15) is 9.90 Å². The third kappa shape index (κ3) is 3.11. The van der Waals surface area contributed by atoms with E-state index >= 15 is 0 Å². The zero-order valence-corrected chi connectivity index (χ0v) is 14.2. The van der Waals surface area contributed by atoms with E-state index in [1.807, 2.05) is 23.6 Å². The van der Waals surface area contributed by atoms with Gasteiger partial charge in [-0.15, -0.1) is 11.3 Å². The molecule has 0 spiro atoms. The van der Waals surface area contributed by atoms with Crippen LogP contribution in [-0.4, -0.2) is 22.8 Å². The third-order valence-electron chi connectivity index (χ3n) is 3.60. The molecule has 1 aliphatic heterocycles. The molecule has 3 aromatic rings. The van der Waals surface area contributed by atoms with Crippen LogP contribution in [0.25, 0.3) is 11.3 Å². The van der Waals surface area contributed by atoms with Crippen molar-refractivity contribution in [1.82, 2.24) is 4.98 Å². The molecule has 2 N–H and O–H groups in total. The highest BCUT2D eigenvalue weighted by Gasteiger charge is 2.16. The van der Waals surface area contributed by atoms with Gasteiger partial charge in [0.25, 0.3) is 5.91 Å². The Hall–Kier alpha value is -2.77. The third-order valence-corrected chi connectivity index (χ3v) is 4.66. The van der Waals surface area contributed by atoms with Gasteiger partial charge in [0.05, 0.1) is 10.7 Å². The maximum absolute atomic E-state index is 12.3. The second-order valence-corrected chi connectivity index (χ2v) is 6.49. The Bertz CT molecular complexity index is 973. The number of anilines is 1. The Morgan fingerprint density at radius 3 is 2.88 bits per heavy atom. The fourth-order valence-corrected chi connectivity index (χ4v) is 3.23. The summed E-state index contributed by atoms with van der Waals surface area (Å²) >= 11 is 7.14. The van der Waals surface area contributed by atoms with Crippen LogP contribution >= 0.6 is 22.9 Å². The zero-order valence-electron chi connectivity index (χ0n) is 12.7. The number of rotatable bonds is 3. The molecular weight excluding hydrogens is 364 g/mol. The van der Waals surface area contributed by atoms with E-state index in [1.165, 1.54) is 29.5 Å². The predicted octanol–water partition coefficient (Wildman–Crippen LogP) is 4.15. The number of ether oxygens (including phenoxy) is 2. The molecule has 6 nitrogen and oxygen atoms in total. The number of amides is 1. The SMILES string of the molecule is O=C(Nc1nc(-c2ccc3c(c2)OCO3)cs1)c1ccc(O)c(Cl)c1. The molecule has 2 aromatic carbocycles. The van der Waals surface area contributed by atoms with E-state index in [1.54, 1.807) is 0 Å². The normalized spacial score (nSPS) is 12.2. The van der Waals surface area contributed by atoms with Crippen molar-refractivity contribution in [2.75, 3.05) is 12.1 Å². The van der Waals surface area contributed by atoms with Crippen LogP contribution in [0.2, 0.25) is 5.02 Å². The van der Waals surface area contributed by atoms with E-state index < -0.39 is 0 Å². The Labute approximate surface area is 151 Å². The largest absolute Gasteiger partial charge is 0.506 e. The van der Waals surface area contributed by atoms with Crippen molar-refractivity contribution in [2.45, 2.75) is 0 Å². The Balaban J connectivity index is 1.53. The number of aromatic hydroxyl groups is 1. The molecule has 0 fully saturated rings. The lowest BCUT2D eigenvalue weighted by Crippen LogP contribution is -2.11. The molecule has 126 valence electrons. The highest BCUT2D eigenvalue weighted by atomic mass is 35.5. The van der Waals surface area contributed by atoms with Crippen LogP contribution in [0.4, 0.5) is 5.13 Å². The van der Waals surface area contributed by atoms with Gasteiger partial charge >= 0.3 is 0 Å². The lowest BCUT2D eigenvalue weighted by molar-refractivity contribution is 0.102. The molecule has 0 saturated carbocycles. The second-order valence-electron chi connectivity index (χ2n) is 5.23. The summed E-state index contributed by atoms with van der Waals surface area (Å²) in [7, 11) is 0. The highest BCUT2D eigenvalue weighted by molar-refractivity contribution is 7.14. The van der Waals surface area contributed by atoms with Crippen LogP contribution in [0.3, 0.4) is 0 Å². The Morgan fingerprint density at radius 2 is 2.04 bits per heavy atom. The number of aromatic nitrogens is 1. The summed E-state index contributed by atoms with van der Waals surface area (Å²) in [5.74, 6) is 0.956. The van der Waals surface area contributed by atoms with Crippen molar-refractivity contribution in [3.63, 3.8) is 0 Å². The molecule has 1 amide bonds. The molecule has 2 heterocycles. The number of phenols is 1. The van der Waals surface area contributed by atoms with Crippen molar-refractivity contribution in [3.05, 3.63) is 52.4 Å². The number of carbonyl (C=O) groups is 1. The molecule has 1 aromatic heterocycles. The topological polar surface area (TPSA) is 80.7 Å². The first-order valence-corrected chi connectivity index (χ1v) is 8.51. The van der Waals surface area contributed by atoms with Crippen LogP contribution in [0, 0.1) is 0 Å². The van der Waals surface area contributed by atoms with Gasteiger partial charge in [0.2, 0.25) is 6.79 Å². The lowest BCUT2D eigenvalue weighted by atomic mass is 10.1. The maximum Gasteiger partial charge on any atom is 0.257 e. The van der Waals surface area contributed by atoms with Crippen molar-refractivity contribution in [1.29, 1.82) is 0 Å². The summed E-state index contributed by atoms with van der Waals surface area (Å²) in [5.41, 5.74) is 1.93. The fourth-order valence-electron chi connectivity index (χ4n) is 2.34. The number of phenolic OH excluding ortho intramolecular Hbond substituents is 1. The number of hydrogen-bond acceptors (Lipinski definition) is 6. The molecule has 1 aliphatic rings. The first-order chi connectivity index (χ1) is 12.1. The Kier molecular flexibility index (Phi) is 3.95. The molecule has 4 rings (SSSR count). The minimum atomic E-state index is -0.353. The number of hydrogen-bond donors (Lipinski definition) is 2. The van der Waals surface area contributed by atoms with Crippen LogP contribution in [-0.2, 0) is 0 Å². The molecular formula is C17H11ClN2O4S. The van der Waals surface area contributed by atoms with Gasteiger partial charge in [0.15, 0.2) is 16.6 Å². The van der Waals surface area contributed by atoms with Crippen molar-refractivity contribution in [3.8, 4) is 28.5 Å². The van der Waals surface area contributed by atoms with Gasteiger partial charge in [0, 0.05) is 16.5 Å². The molecule has 0 radical (unpaired) electrons. The van der Waals surface area contributed by atoms with Crippen LogP contribution in [0.15, 0.2) is 41.8 Å². The second kappa shape index (κ2) is 6.27. The standard InChI is InChI=1S/C17H11ClN2O4S/c18-11-5-10(1-3-13(11)21)16(22)20-17-19-12(7-25-17)9-2-4-14-15(6-9)24-8-23-14/h1-7,21H,8H2,(H,19,20,22). The number of benzene rings is 2. The lowest BCUT2D eigenvalue weighted by Gasteiger charge is -2.03. The molecule has 0 unspecified atom stereocenters. The summed E-state index contributed by atoms with van der Waals surface area (Å²) in [6.45, 7) is 0.215. The summed E-state index contributed by atoms with van der Waals surface area (Å²) in [4.78, 5) is 16.7. The van der Waals surface area contributed by atoms with E-state index in [2.05, 4.69) is 10.3 Å². The number of thiazole rings is 1. The average Bonchev–Trinajstić information content (AvgIpc) is 3.25. The first kappa shape index (κ1) is 15.7. The fraction of sp³-hybridized carbons (Fsp3) is 0.0588. The number of halogens is 1. The summed E-state index contributed by atoms with van der Waals surface area (Å²) < 4.78 is 10.6. The average molecular weight is 375 g/mol. The van der Waals surface area contributed by atoms with E-state index in [4.69, 9.17) is 21.1 Å². The minimum absolute atomic E-state index is 0.0717. The molecule has 25 heavy (non-hydrogen) atoms. The summed E-state index contributed by atoms with van der Waals surface area (Å²) in [6, 6.07) is 9.82. The van der Waals surface area contributed by atoms with Gasteiger partial charge in [-0.25, -0.2) is 4.98 Å². The number of carbonyl (C=O) groups excluding carboxylic acids is 1. The zero-order chi connectivity index (χ0) is 17.4. The minimum Gasteiger partial charge on any atom is -0.506 e. The van der Waals surface area contributed by atoms with E-state index in [0.717, 1.165) is 11.3 Å². The molecule has 8 heteroatoms. The molecule has 0 aliphatic carbocycles. The predicted molar refractivity (Wildman–Crippen MR) is 94.7 cm³/mol. The van der Waals surface area contributed by atoms with Gasteiger partial charge in [-0.3, -0.25) is 10.1 Å². The monoisotopic (exact) mass is 374 g/mol. The van der Waals surface area contributed by atoms with Gasteiger partial charge < -0.3 is 14.6 Å². The van der Waals surface area contributed by atoms with Crippen LogP contribution in [0.1, 0.15) is 10.4 Å². The van der Waals surface area contributed by atoms with Gasteiger partial charge in [0.1, 0.15) is 5.75 Å². The summed E-state index contributed by atoms with van der Waals surface area (Å²) in [5, 5.41) is 14.6. The van der Waals surface area contributed by atoms with Crippen molar-refractivity contribution < 1.29 is 19.4 Å². The van der Waals surface area contributed by atoms with Crippen LogP contribution < -0.4 is 14.8 Å². The van der Waals surface area contributed by atoms with Crippen molar-refractivity contribution in [2.24, 2.45) is 0 Å². The number of nitrogens with zero attached hydrogens (tertiary/aromatic N) is 1. The highest BCUT2D eigenvalue weighted by Crippen LogP contribution is 2.36. The van der Waals surface area contributed by atoms with Crippen molar-refractivity contribution >= 4 is 34.0 Å². The number of nitrogens with one attached hydrogen (secondary N) is 1. The molecule has 0 saturated heterocycles. The van der Waals surface area contributed by atoms with E-state index in [0.29, 0.717) is 22.2 Å².